The van der Waals surface area contributed by atoms with E-state index in [1.54, 1.807) is 6.20 Å². The Morgan fingerprint density at radius 3 is 2.50 bits per heavy atom. The highest BCUT2D eigenvalue weighted by Crippen LogP contribution is 2.21. The lowest BCUT2D eigenvalue weighted by Crippen LogP contribution is -2.24. The molecule has 16 heavy (non-hydrogen) atoms. The molecule has 2 N–H and O–H groups in total. The van der Waals surface area contributed by atoms with Crippen LogP contribution in [0.2, 0.25) is 0 Å². The maximum absolute atomic E-state index is 8.84. The maximum atomic E-state index is 8.84. The molecule has 4 nitrogen and oxygen atoms in total. The Bertz CT molecular complexity index is 351. The highest BCUT2D eigenvalue weighted by atomic mass is 15.2. The lowest BCUT2D eigenvalue weighted by atomic mass is 9.85. The summed E-state index contributed by atoms with van der Waals surface area (Å²) in [6, 6.07) is 2.10. The van der Waals surface area contributed by atoms with Gasteiger partial charge in [-0.1, -0.05) is 27.7 Å². The molecule has 0 atom stereocenters. The van der Waals surface area contributed by atoms with Gasteiger partial charge >= 0.3 is 0 Å². The Morgan fingerprint density at radius 1 is 1.38 bits per heavy atom. The largest absolute Gasteiger partial charge is 0.369 e. The second kappa shape index (κ2) is 5.55. The second-order valence-electron chi connectivity index (χ2n) is 4.80. The zero-order chi connectivity index (χ0) is 12.1. The molecule has 0 radical (unpaired) electrons. The first-order chi connectivity index (χ1) is 7.56. The van der Waals surface area contributed by atoms with Crippen LogP contribution in [0.1, 0.15) is 33.3 Å². The van der Waals surface area contributed by atoms with Gasteiger partial charge in [0.25, 0.3) is 0 Å². The van der Waals surface area contributed by atoms with Crippen molar-refractivity contribution >= 4 is 5.82 Å². The summed E-state index contributed by atoms with van der Waals surface area (Å²) in [5, 5.41) is 18.8. The SMILES string of the molecule is CC(C)C(CNc1[nH]ncc1C#N)C(C)C. The topological polar surface area (TPSA) is 64.5 Å². The van der Waals surface area contributed by atoms with Gasteiger partial charge in [0.15, 0.2) is 0 Å². The third-order valence-corrected chi connectivity index (χ3v) is 2.99. The van der Waals surface area contributed by atoms with Crippen LogP contribution in [0, 0.1) is 29.1 Å². The summed E-state index contributed by atoms with van der Waals surface area (Å²) in [6.07, 6.45) is 1.54. The van der Waals surface area contributed by atoms with Gasteiger partial charge < -0.3 is 5.32 Å². The average Bonchev–Trinajstić information content (AvgIpc) is 2.64. The Balaban J connectivity index is 2.60. The summed E-state index contributed by atoms with van der Waals surface area (Å²) in [5.41, 5.74) is 0.575. The van der Waals surface area contributed by atoms with Crippen LogP contribution < -0.4 is 5.32 Å². The first-order valence-corrected chi connectivity index (χ1v) is 5.73. The zero-order valence-electron chi connectivity index (χ0n) is 10.4. The van der Waals surface area contributed by atoms with Gasteiger partial charge in [-0.25, -0.2) is 0 Å². The second-order valence-corrected chi connectivity index (χ2v) is 4.80. The van der Waals surface area contributed by atoms with Gasteiger partial charge in [-0.3, -0.25) is 5.10 Å². The number of H-pyrrole nitrogens is 1. The molecule has 4 heteroatoms. The molecule has 0 aliphatic carbocycles. The molecule has 0 aliphatic heterocycles. The predicted molar refractivity (Wildman–Crippen MR) is 65.0 cm³/mol. The van der Waals surface area contributed by atoms with E-state index in [4.69, 9.17) is 5.26 Å². The number of nitrogens with one attached hydrogen (secondary N) is 2. The van der Waals surface area contributed by atoms with Crippen molar-refractivity contribution in [2.75, 3.05) is 11.9 Å². The van der Waals surface area contributed by atoms with Crippen molar-refractivity contribution < 1.29 is 0 Å². The van der Waals surface area contributed by atoms with Crippen molar-refractivity contribution in [1.29, 1.82) is 5.26 Å². The van der Waals surface area contributed by atoms with E-state index in [9.17, 15) is 0 Å². The van der Waals surface area contributed by atoms with E-state index >= 15 is 0 Å². The van der Waals surface area contributed by atoms with Crippen molar-refractivity contribution in [3.05, 3.63) is 11.8 Å². The van der Waals surface area contributed by atoms with Crippen LogP contribution >= 0.6 is 0 Å². The van der Waals surface area contributed by atoms with Crippen molar-refractivity contribution in [3.63, 3.8) is 0 Å². The highest BCUT2D eigenvalue weighted by molar-refractivity contribution is 5.50. The van der Waals surface area contributed by atoms with Gasteiger partial charge in [0, 0.05) is 6.54 Å². The van der Waals surface area contributed by atoms with Gasteiger partial charge in [0.1, 0.15) is 17.5 Å². The molecule has 0 unspecified atom stereocenters. The lowest BCUT2D eigenvalue weighted by Gasteiger charge is -2.25. The number of rotatable bonds is 5. The zero-order valence-corrected chi connectivity index (χ0v) is 10.4. The number of nitrogens with zero attached hydrogens (tertiary/aromatic N) is 2. The summed E-state index contributed by atoms with van der Waals surface area (Å²) in [5.74, 6) is 2.57. The summed E-state index contributed by atoms with van der Waals surface area (Å²) in [4.78, 5) is 0. The van der Waals surface area contributed by atoms with Gasteiger partial charge in [-0.15, -0.1) is 0 Å². The maximum Gasteiger partial charge on any atom is 0.139 e. The van der Waals surface area contributed by atoms with Gasteiger partial charge in [-0.05, 0) is 17.8 Å². The van der Waals surface area contributed by atoms with Gasteiger partial charge in [0.2, 0.25) is 0 Å². The molecule has 0 saturated carbocycles. The van der Waals surface area contributed by atoms with Crippen LogP contribution in [0.15, 0.2) is 6.20 Å². The molecule has 88 valence electrons. The van der Waals surface area contributed by atoms with E-state index in [1.807, 2.05) is 0 Å². The minimum Gasteiger partial charge on any atom is -0.369 e. The molecule has 1 aromatic rings. The normalized spacial score (nSPS) is 11.1. The van der Waals surface area contributed by atoms with Crippen molar-refractivity contribution in [3.8, 4) is 6.07 Å². The van der Waals surface area contributed by atoms with Crippen molar-refractivity contribution in [1.82, 2.24) is 10.2 Å². The lowest BCUT2D eigenvalue weighted by molar-refractivity contribution is 0.304. The fourth-order valence-corrected chi connectivity index (χ4v) is 1.97. The molecule has 1 aromatic heterocycles. The quantitative estimate of drug-likeness (QED) is 0.801. The van der Waals surface area contributed by atoms with Crippen LogP contribution in [0.3, 0.4) is 0 Å². The third kappa shape index (κ3) is 2.99. The predicted octanol–water partition coefficient (Wildman–Crippen LogP) is 2.62. The molecular weight excluding hydrogens is 200 g/mol. The summed E-state index contributed by atoms with van der Waals surface area (Å²) >= 11 is 0. The number of nitriles is 1. The fraction of sp³-hybridized carbons (Fsp3) is 0.667. The monoisotopic (exact) mass is 220 g/mol. The highest BCUT2D eigenvalue weighted by Gasteiger charge is 2.17. The molecule has 1 rings (SSSR count). The number of hydrogen-bond donors (Lipinski definition) is 2. The first kappa shape index (κ1) is 12.6. The molecule has 0 amide bonds. The van der Waals surface area contributed by atoms with Crippen LogP contribution in [0.5, 0.6) is 0 Å². The number of hydrogen-bond acceptors (Lipinski definition) is 3. The first-order valence-electron chi connectivity index (χ1n) is 5.73. The van der Waals surface area contributed by atoms with Gasteiger partial charge in [-0.2, -0.15) is 10.4 Å². The molecule has 0 aliphatic rings. The molecule has 0 aromatic carbocycles. The van der Waals surface area contributed by atoms with E-state index in [-0.39, 0.29) is 0 Å². The van der Waals surface area contributed by atoms with Crippen LogP contribution in [-0.4, -0.2) is 16.7 Å². The van der Waals surface area contributed by atoms with E-state index < -0.39 is 0 Å². The van der Waals surface area contributed by atoms with Crippen molar-refractivity contribution in [2.45, 2.75) is 27.7 Å². The van der Waals surface area contributed by atoms with Crippen molar-refractivity contribution in [2.24, 2.45) is 17.8 Å². The number of anilines is 1. The molecule has 0 spiro atoms. The van der Waals surface area contributed by atoms with Gasteiger partial charge in [0.05, 0.1) is 6.20 Å². The van der Waals surface area contributed by atoms with E-state index in [0.717, 1.165) is 12.4 Å². The average molecular weight is 220 g/mol. The van der Waals surface area contributed by atoms with Crippen LogP contribution in [-0.2, 0) is 0 Å². The van der Waals surface area contributed by atoms with E-state index in [2.05, 4.69) is 49.3 Å². The third-order valence-electron chi connectivity index (χ3n) is 2.99. The minimum absolute atomic E-state index is 0.575. The number of aromatic amines is 1. The summed E-state index contributed by atoms with van der Waals surface area (Å²) in [7, 11) is 0. The van der Waals surface area contributed by atoms with Crippen LogP contribution in [0.4, 0.5) is 5.82 Å². The molecule has 0 saturated heterocycles. The van der Waals surface area contributed by atoms with Crippen LogP contribution in [0.25, 0.3) is 0 Å². The molecule has 0 fully saturated rings. The smallest absolute Gasteiger partial charge is 0.139 e. The minimum atomic E-state index is 0.575. The van der Waals surface area contributed by atoms with E-state index in [1.165, 1.54) is 0 Å². The molecular formula is C12H20N4. The Morgan fingerprint density at radius 2 is 2.00 bits per heavy atom. The van der Waals surface area contributed by atoms with E-state index in [0.29, 0.717) is 23.3 Å². The number of aromatic nitrogens is 2. The Labute approximate surface area is 97.1 Å². The molecule has 0 bridgehead atoms. The standard InChI is InChI=1S/C12H20N4/c1-8(2)11(9(3)4)7-14-12-10(5-13)6-15-16-12/h6,8-9,11H,7H2,1-4H3,(H2,14,15,16). The summed E-state index contributed by atoms with van der Waals surface area (Å²) in [6.45, 7) is 9.77. The Hall–Kier alpha value is -1.50. The Kier molecular flexibility index (Phi) is 4.36. The molecule has 1 heterocycles. The summed E-state index contributed by atoms with van der Waals surface area (Å²) < 4.78 is 0. The fourth-order valence-electron chi connectivity index (χ4n) is 1.97.